The molecule has 1 aliphatic rings. The van der Waals surface area contributed by atoms with Gasteiger partial charge in [0.15, 0.2) is 0 Å². The van der Waals surface area contributed by atoms with Crippen LogP contribution in [0.15, 0.2) is 0 Å². The maximum Gasteiger partial charge on any atom is 0.0334 e. The fourth-order valence-corrected chi connectivity index (χ4v) is 3.15. The number of hydrogen-bond acceptors (Lipinski definition) is 2. The minimum Gasteiger partial charge on any atom is -0.329 e. The zero-order valence-corrected chi connectivity index (χ0v) is 11.8. The zero-order chi connectivity index (χ0) is 12.3. The van der Waals surface area contributed by atoms with E-state index in [1.807, 2.05) is 0 Å². The molecule has 1 rings (SSSR count). The van der Waals surface area contributed by atoms with Crippen LogP contribution >= 0.6 is 0 Å². The molecule has 0 heterocycles. The molecule has 0 aromatic carbocycles. The van der Waals surface area contributed by atoms with Crippen molar-refractivity contribution in [3.63, 3.8) is 0 Å². The van der Waals surface area contributed by atoms with Crippen LogP contribution in [0, 0.1) is 11.8 Å². The molecule has 2 nitrogen and oxygen atoms in total. The van der Waals surface area contributed by atoms with Gasteiger partial charge in [0.25, 0.3) is 0 Å². The Morgan fingerprint density at radius 2 is 1.94 bits per heavy atom. The second-order valence-electron chi connectivity index (χ2n) is 6.23. The standard InChI is InChI=1S/C14H30N2/c1-11(2)13-7-6-8-14(9-13,10-15)16(5)12(3)4/h11-13H,6-10,15H2,1-5H3. The predicted molar refractivity (Wildman–Crippen MR) is 71.5 cm³/mol. The molecule has 1 saturated carbocycles. The van der Waals surface area contributed by atoms with E-state index in [4.69, 9.17) is 5.73 Å². The Morgan fingerprint density at radius 1 is 1.31 bits per heavy atom. The molecule has 1 fully saturated rings. The van der Waals surface area contributed by atoms with Gasteiger partial charge < -0.3 is 5.73 Å². The molecule has 0 amide bonds. The average molecular weight is 226 g/mol. The largest absolute Gasteiger partial charge is 0.329 e. The summed E-state index contributed by atoms with van der Waals surface area (Å²) in [5.41, 5.74) is 6.36. The fraction of sp³-hybridized carbons (Fsp3) is 1.00. The van der Waals surface area contributed by atoms with Crippen molar-refractivity contribution in [2.45, 2.75) is 65.0 Å². The first-order chi connectivity index (χ1) is 7.43. The Bertz CT molecular complexity index is 213. The highest BCUT2D eigenvalue weighted by Crippen LogP contribution is 2.39. The van der Waals surface area contributed by atoms with Crippen molar-refractivity contribution in [2.24, 2.45) is 17.6 Å². The second-order valence-corrected chi connectivity index (χ2v) is 6.23. The topological polar surface area (TPSA) is 29.3 Å². The van der Waals surface area contributed by atoms with Gasteiger partial charge in [-0.25, -0.2) is 0 Å². The molecule has 2 heteroatoms. The molecular formula is C14H30N2. The van der Waals surface area contributed by atoms with E-state index in [1.165, 1.54) is 25.7 Å². The molecule has 0 aliphatic heterocycles. The van der Waals surface area contributed by atoms with Gasteiger partial charge in [0.2, 0.25) is 0 Å². The third-order valence-corrected chi connectivity index (χ3v) is 4.70. The molecule has 0 aromatic heterocycles. The van der Waals surface area contributed by atoms with Gasteiger partial charge in [-0.3, -0.25) is 4.90 Å². The highest BCUT2D eigenvalue weighted by molar-refractivity contribution is 4.97. The van der Waals surface area contributed by atoms with Crippen LogP contribution < -0.4 is 5.73 Å². The zero-order valence-electron chi connectivity index (χ0n) is 11.8. The van der Waals surface area contributed by atoms with E-state index < -0.39 is 0 Å². The van der Waals surface area contributed by atoms with Gasteiger partial charge in [0.1, 0.15) is 0 Å². The highest BCUT2D eigenvalue weighted by Gasteiger charge is 2.40. The van der Waals surface area contributed by atoms with Crippen molar-refractivity contribution in [1.29, 1.82) is 0 Å². The molecule has 2 atom stereocenters. The Kier molecular flexibility index (Phi) is 4.81. The number of hydrogen-bond donors (Lipinski definition) is 1. The lowest BCUT2D eigenvalue weighted by atomic mass is 9.70. The molecule has 1 aliphatic carbocycles. The van der Waals surface area contributed by atoms with Gasteiger partial charge >= 0.3 is 0 Å². The van der Waals surface area contributed by atoms with Crippen LogP contribution in [-0.4, -0.2) is 30.1 Å². The lowest BCUT2D eigenvalue weighted by molar-refractivity contribution is 0.0245. The summed E-state index contributed by atoms with van der Waals surface area (Å²) in [7, 11) is 2.25. The summed E-state index contributed by atoms with van der Waals surface area (Å²) in [6, 6.07) is 0.592. The van der Waals surface area contributed by atoms with Crippen molar-refractivity contribution >= 4 is 0 Å². The molecule has 0 saturated heterocycles. The first kappa shape index (κ1) is 14.0. The van der Waals surface area contributed by atoms with E-state index >= 15 is 0 Å². The van der Waals surface area contributed by atoms with Crippen molar-refractivity contribution in [1.82, 2.24) is 4.90 Å². The Morgan fingerprint density at radius 3 is 2.38 bits per heavy atom. The van der Waals surface area contributed by atoms with Crippen LogP contribution in [0.1, 0.15) is 53.4 Å². The summed E-state index contributed by atoms with van der Waals surface area (Å²) < 4.78 is 0. The van der Waals surface area contributed by atoms with E-state index in [2.05, 4.69) is 39.6 Å². The van der Waals surface area contributed by atoms with Crippen LogP contribution in [0.25, 0.3) is 0 Å². The lowest BCUT2D eigenvalue weighted by Gasteiger charge is -2.49. The van der Waals surface area contributed by atoms with Gasteiger partial charge in [-0.15, -0.1) is 0 Å². The maximum absolute atomic E-state index is 6.10. The van der Waals surface area contributed by atoms with Crippen molar-refractivity contribution in [3.05, 3.63) is 0 Å². The minimum absolute atomic E-state index is 0.265. The summed E-state index contributed by atoms with van der Waals surface area (Å²) in [6.45, 7) is 10.1. The average Bonchev–Trinajstić information content (AvgIpc) is 2.27. The van der Waals surface area contributed by atoms with Crippen molar-refractivity contribution in [3.8, 4) is 0 Å². The molecule has 0 radical (unpaired) electrons. The van der Waals surface area contributed by atoms with E-state index in [1.54, 1.807) is 0 Å². The molecule has 0 bridgehead atoms. The van der Waals surface area contributed by atoms with Crippen molar-refractivity contribution in [2.75, 3.05) is 13.6 Å². The van der Waals surface area contributed by atoms with Gasteiger partial charge in [-0.05, 0) is 45.6 Å². The van der Waals surface area contributed by atoms with Gasteiger partial charge in [-0.2, -0.15) is 0 Å². The summed E-state index contributed by atoms with van der Waals surface area (Å²) in [6.07, 6.45) is 5.31. The number of nitrogens with zero attached hydrogens (tertiary/aromatic N) is 1. The van der Waals surface area contributed by atoms with E-state index in [9.17, 15) is 0 Å². The van der Waals surface area contributed by atoms with Gasteiger partial charge in [0.05, 0.1) is 0 Å². The van der Waals surface area contributed by atoms with E-state index in [0.29, 0.717) is 6.04 Å². The van der Waals surface area contributed by atoms with Crippen LogP contribution in [-0.2, 0) is 0 Å². The molecule has 96 valence electrons. The Labute approximate surface area is 102 Å². The smallest absolute Gasteiger partial charge is 0.0334 e. The second kappa shape index (κ2) is 5.50. The van der Waals surface area contributed by atoms with Gasteiger partial charge in [-0.1, -0.05) is 26.7 Å². The summed E-state index contributed by atoms with van der Waals surface area (Å²) in [5.74, 6) is 1.66. The van der Waals surface area contributed by atoms with Gasteiger partial charge in [0, 0.05) is 18.1 Å². The normalized spacial score (nSPS) is 31.7. The first-order valence-electron chi connectivity index (χ1n) is 6.86. The molecule has 16 heavy (non-hydrogen) atoms. The maximum atomic E-state index is 6.10. The van der Waals surface area contributed by atoms with E-state index in [-0.39, 0.29) is 5.54 Å². The molecule has 2 unspecified atom stereocenters. The monoisotopic (exact) mass is 226 g/mol. The van der Waals surface area contributed by atoms with Crippen molar-refractivity contribution < 1.29 is 0 Å². The molecule has 0 aromatic rings. The SMILES string of the molecule is CC(C)C1CCCC(CN)(N(C)C(C)C)C1. The highest BCUT2D eigenvalue weighted by atomic mass is 15.2. The Hall–Kier alpha value is -0.0800. The third-order valence-electron chi connectivity index (χ3n) is 4.70. The molecule has 2 N–H and O–H groups in total. The molecular weight excluding hydrogens is 196 g/mol. The van der Waals surface area contributed by atoms with E-state index in [0.717, 1.165) is 18.4 Å². The lowest BCUT2D eigenvalue weighted by Crippen LogP contribution is -2.57. The van der Waals surface area contributed by atoms with Crippen LogP contribution in [0.3, 0.4) is 0 Å². The predicted octanol–water partition coefficient (Wildman–Crippen LogP) is 2.87. The fourth-order valence-electron chi connectivity index (χ4n) is 3.15. The van der Waals surface area contributed by atoms with Crippen LogP contribution in [0.4, 0.5) is 0 Å². The summed E-state index contributed by atoms with van der Waals surface area (Å²) in [5, 5.41) is 0. The quantitative estimate of drug-likeness (QED) is 0.798. The molecule has 0 spiro atoms. The Balaban J connectivity index is 2.78. The minimum atomic E-state index is 0.265. The first-order valence-corrected chi connectivity index (χ1v) is 6.86. The third kappa shape index (κ3) is 2.78. The number of likely N-dealkylation sites (N-methyl/N-ethyl adjacent to an activating group) is 1. The summed E-state index contributed by atoms with van der Waals surface area (Å²) >= 11 is 0. The van der Waals surface area contributed by atoms with Crippen LogP contribution in [0.2, 0.25) is 0 Å². The number of nitrogens with two attached hydrogens (primary N) is 1. The summed E-state index contributed by atoms with van der Waals surface area (Å²) in [4.78, 5) is 2.52. The number of rotatable bonds is 4. The van der Waals surface area contributed by atoms with Crippen LogP contribution in [0.5, 0.6) is 0 Å².